The smallest absolute Gasteiger partial charge is 0.265 e. The fourth-order valence-corrected chi connectivity index (χ4v) is 2.24. The molecular weight excluding hydrogens is 325 g/mol. The maximum Gasteiger partial charge on any atom is 0.265 e. The number of ether oxygens (including phenoxy) is 2. The normalized spacial score (nSPS) is 11.6. The number of carbonyl (C=O) groups excluding carboxylic acids is 1. The van der Waals surface area contributed by atoms with E-state index in [0.717, 1.165) is 0 Å². The summed E-state index contributed by atoms with van der Waals surface area (Å²) in [5.41, 5.74) is 0.478. The van der Waals surface area contributed by atoms with Crippen molar-refractivity contribution in [1.29, 1.82) is 0 Å². The number of anilines is 1. The van der Waals surface area contributed by atoms with E-state index in [2.05, 4.69) is 5.32 Å². The zero-order valence-electron chi connectivity index (χ0n) is 12.1. The Morgan fingerprint density at radius 2 is 1.82 bits per heavy atom. The Balaban J connectivity index is 2.06. The molecule has 116 valence electrons. The van der Waals surface area contributed by atoms with E-state index in [-0.39, 0.29) is 5.91 Å². The molecule has 0 unspecified atom stereocenters. The summed E-state index contributed by atoms with van der Waals surface area (Å²) in [5.74, 6) is 0.733. The molecule has 22 heavy (non-hydrogen) atoms. The molecule has 2 rings (SSSR count). The Hall–Kier alpha value is -1.91. The number of rotatable bonds is 5. The average molecular weight is 340 g/mol. The molecule has 2 aromatic carbocycles. The minimum Gasteiger partial charge on any atom is -0.493 e. The van der Waals surface area contributed by atoms with Crippen LogP contribution in [-0.4, -0.2) is 19.1 Å². The van der Waals surface area contributed by atoms with Crippen LogP contribution in [0.1, 0.15) is 6.92 Å². The quantitative estimate of drug-likeness (QED) is 0.877. The van der Waals surface area contributed by atoms with Crippen molar-refractivity contribution < 1.29 is 14.3 Å². The Morgan fingerprint density at radius 3 is 2.45 bits per heavy atom. The Morgan fingerprint density at radius 1 is 1.14 bits per heavy atom. The summed E-state index contributed by atoms with van der Waals surface area (Å²) in [4.78, 5) is 12.2. The summed E-state index contributed by atoms with van der Waals surface area (Å²) in [6, 6.07) is 12.0. The van der Waals surface area contributed by atoms with Gasteiger partial charge in [-0.3, -0.25) is 4.79 Å². The maximum atomic E-state index is 12.2. The van der Waals surface area contributed by atoms with Gasteiger partial charge in [0.05, 0.1) is 17.8 Å². The molecule has 2 aromatic rings. The Kier molecular flexibility index (Phi) is 5.52. The molecule has 4 nitrogen and oxygen atoms in total. The SMILES string of the molecule is COc1ccccc1O[C@H](C)C(=O)Nc1ccc(Cl)cc1Cl. The van der Waals surface area contributed by atoms with Crippen molar-refractivity contribution >= 4 is 34.8 Å². The van der Waals surface area contributed by atoms with Gasteiger partial charge in [-0.2, -0.15) is 0 Å². The lowest BCUT2D eigenvalue weighted by atomic mass is 10.3. The van der Waals surface area contributed by atoms with E-state index in [1.54, 1.807) is 50.4 Å². The van der Waals surface area contributed by atoms with Crippen LogP contribution in [0, 0.1) is 0 Å². The molecule has 0 bridgehead atoms. The monoisotopic (exact) mass is 339 g/mol. The van der Waals surface area contributed by atoms with Gasteiger partial charge in [0, 0.05) is 5.02 Å². The number of nitrogens with one attached hydrogen (secondary N) is 1. The van der Waals surface area contributed by atoms with Crippen LogP contribution in [0.15, 0.2) is 42.5 Å². The fourth-order valence-electron chi connectivity index (χ4n) is 1.79. The summed E-state index contributed by atoms with van der Waals surface area (Å²) in [7, 11) is 1.54. The molecule has 0 fully saturated rings. The van der Waals surface area contributed by atoms with E-state index in [4.69, 9.17) is 32.7 Å². The molecule has 0 radical (unpaired) electrons. The van der Waals surface area contributed by atoms with Crippen molar-refractivity contribution in [3.05, 3.63) is 52.5 Å². The van der Waals surface area contributed by atoms with E-state index in [1.807, 2.05) is 6.07 Å². The second-order valence-electron chi connectivity index (χ2n) is 4.52. The summed E-state index contributed by atoms with van der Waals surface area (Å²) < 4.78 is 10.8. The highest BCUT2D eigenvalue weighted by Crippen LogP contribution is 2.28. The van der Waals surface area contributed by atoms with Crippen LogP contribution >= 0.6 is 23.2 Å². The van der Waals surface area contributed by atoms with Gasteiger partial charge in [0.1, 0.15) is 0 Å². The van der Waals surface area contributed by atoms with E-state index in [0.29, 0.717) is 27.2 Å². The summed E-state index contributed by atoms with van der Waals surface area (Å²) in [5, 5.41) is 3.57. The van der Waals surface area contributed by atoms with Crippen LogP contribution in [0.5, 0.6) is 11.5 Å². The van der Waals surface area contributed by atoms with Crippen molar-refractivity contribution in [2.45, 2.75) is 13.0 Å². The molecule has 0 saturated carbocycles. The highest BCUT2D eigenvalue weighted by molar-refractivity contribution is 6.36. The zero-order valence-corrected chi connectivity index (χ0v) is 13.6. The molecule has 1 atom stereocenters. The number of carbonyl (C=O) groups is 1. The van der Waals surface area contributed by atoms with Crippen LogP contribution in [-0.2, 0) is 4.79 Å². The van der Waals surface area contributed by atoms with Gasteiger partial charge in [0.15, 0.2) is 17.6 Å². The molecule has 0 heterocycles. The number of methoxy groups -OCH3 is 1. The first-order valence-corrected chi connectivity index (χ1v) is 7.32. The molecule has 0 aliphatic carbocycles. The van der Waals surface area contributed by atoms with E-state index in [1.165, 1.54) is 0 Å². The van der Waals surface area contributed by atoms with Crippen LogP contribution in [0.3, 0.4) is 0 Å². The minimum atomic E-state index is -0.719. The van der Waals surface area contributed by atoms with E-state index < -0.39 is 6.10 Å². The van der Waals surface area contributed by atoms with Crippen molar-refractivity contribution in [2.24, 2.45) is 0 Å². The highest BCUT2D eigenvalue weighted by atomic mass is 35.5. The number of benzene rings is 2. The predicted octanol–water partition coefficient (Wildman–Crippen LogP) is 4.41. The third-order valence-corrected chi connectivity index (χ3v) is 3.48. The van der Waals surface area contributed by atoms with Gasteiger partial charge in [-0.15, -0.1) is 0 Å². The van der Waals surface area contributed by atoms with Crippen LogP contribution in [0.25, 0.3) is 0 Å². The van der Waals surface area contributed by atoms with Gasteiger partial charge in [-0.1, -0.05) is 35.3 Å². The fraction of sp³-hybridized carbons (Fsp3) is 0.188. The lowest BCUT2D eigenvalue weighted by Gasteiger charge is -2.17. The third kappa shape index (κ3) is 4.06. The Labute approximate surface area is 138 Å². The predicted molar refractivity (Wildman–Crippen MR) is 88.2 cm³/mol. The lowest BCUT2D eigenvalue weighted by molar-refractivity contribution is -0.122. The average Bonchev–Trinajstić information content (AvgIpc) is 2.50. The molecule has 0 saturated heterocycles. The molecule has 0 aromatic heterocycles. The van der Waals surface area contributed by atoms with E-state index >= 15 is 0 Å². The molecule has 1 N–H and O–H groups in total. The van der Waals surface area contributed by atoms with Crippen molar-refractivity contribution in [2.75, 3.05) is 12.4 Å². The largest absolute Gasteiger partial charge is 0.493 e. The molecule has 0 aliphatic heterocycles. The lowest BCUT2D eigenvalue weighted by Crippen LogP contribution is -2.30. The number of halogens is 2. The third-order valence-electron chi connectivity index (χ3n) is 2.93. The number of hydrogen-bond acceptors (Lipinski definition) is 3. The standard InChI is InChI=1S/C16H15Cl2NO3/c1-10(22-15-6-4-3-5-14(15)21-2)16(20)19-13-8-7-11(17)9-12(13)18/h3-10H,1-2H3,(H,19,20)/t10-/m1/s1. The summed E-state index contributed by atoms with van der Waals surface area (Å²) in [6.07, 6.45) is -0.719. The first kappa shape index (κ1) is 16.5. The summed E-state index contributed by atoms with van der Waals surface area (Å²) >= 11 is 11.8. The topological polar surface area (TPSA) is 47.6 Å². The Bertz CT molecular complexity index is 676. The second kappa shape index (κ2) is 7.38. The van der Waals surface area contributed by atoms with E-state index in [9.17, 15) is 4.79 Å². The number of para-hydroxylation sites is 2. The first-order chi connectivity index (χ1) is 10.5. The zero-order chi connectivity index (χ0) is 16.1. The molecule has 0 aliphatic rings. The van der Waals surface area contributed by atoms with Crippen molar-refractivity contribution in [3.8, 4) is 11.5 Å². The number of hydrogen-bond donors (Lipinski definition) is 1. The van der Waals surface area contributed by atoms with Gasteiger partial charge >= 0.3 is 0 Å². The van der Waals surface area contributed by atoms with Crippen LogP contribution in [0.2, 0.25) is 10.0 Å². The van der Waals surface area contributed by atoms with Crippen molar-refractivity contribution in [1.82, 2.24) is 0 Å². The van der Waals surface area contributed by atoms with Gasteiger partial charge < -0.3 is 14.8 Å². The summed E-state index contributed by atoms with van der Waals surface area (Å²) in [6.45, 7) is 1.64. The van der Waals surface area contributed by atoms with Gasteiger partial charge in [-0.05, 0) is 37.3 Å². The first-order valence-electron chi connectivity index (χ1n) is 6.57. The minimum absolute atomic E-state index is 0.324. The maximum absolute atomic E-state index is 12.2. The number of amides is 1. The van der Waals surface area contributed by atoms with Gasteiger partial charge in [0.25, 0.3) is 5.91 Å². The highest BCUT2D eigenvalue weighted by Gasteiger charge is 2.17. The van der Waals surface area contributed by atoms with Crippen LogP contribution < -0.4 is 14.8 Å². The molecule has 6 heteroatoms. The molecular formula is C16H15Cl2NO3. The van der Waals surface area contributed by atoms with Crippen molar-refractivity contribution in [3.63, 3.8) is 0 Å². The van der Waals surface area contributed by atoms with Gasteiger partial charge in [-0.25, -0.2) is 0 Å². The molecule has 0 spiro atoms. The van der Waals surface area contributed by atoms with Crippen LogP contribution in [0.4, 0.5) is 5.69 Å². The second-order valence-corrected chi connectivity index (χ2v) is 5.37. The molecule has 1 amide bonds. The van der Waals surface area contributed by atoms with Gasteiger partial charge in [0.2, 0.25) is 0 Å².